The van der Waals surface area contributed by atoms with E-state index in [0.29, 0.717) is 10.7 Å². The van der Waals surface area contributed by atoms with Crippen LogP contribution in [0.4, 0.5) is 0 Å². The quantitative estimate of drug-likeness (QED) is 0.768. The minimum absolute atomic E-state index is 0.123. The molecule has 2 nitrogen and oxygen atoms in total. The maximum atomic E-state index is 11.6. The van der Waals surface area contributed by atoms with Gasteiger partial charge < -0.3 is 5.32 Å². The molecular weight excluding hydrogens is 254 g/mol. The summed E-state index contributed by atoms with van der Waals surface area (Å²) in [5, 5.41) is 2.99. The van der Waals surface area contributed by atoms with Gasteiger partial charge in [0.15, 0.2) is 0 Å². The van der Waals surface area contributed by atoms with Crippen molar-refractivity contribution in [1.82, 2.24) is 5.32 Å². The van der Waals surface area contributed by atoms with Gasteiger partial charge in [-0.2, -0.15) is 0 Å². The third-order valence-corrected chi connectivity index (χ3v) is 3.77. The van der Waals surface area contributed by atoms with E-state index in [1.165, 1.54) is 0 Å². The molecule has 0 aliphatic heterocycles. The topological polar surface area (TPSA) is 29.1 Å². The molecule has 1 N–H and O–H groups in total. The molecule has 0 fully saturated rings. The molecule has 3 heteroatoms. The highest BCUT2D eigenvalue weighted by atomic mass is 79.9. The van der Waals surface area contributed by atoms with Gasteiger partial charge in [0.1, 0.15) is 0 Å². The van der Waals surface area contributed by atoms with Gasteiger partial charge >= 0.3 is 0 Å². The Morgan fingerprint density at radius 2 is 1.73 bits per heavy atom. The maximum Gasteiger partial charge on any atom is 0.225 e. The van der Waals surface area contributed by atoms with E-state index in [1.807, 2.05) is 20.8 Å². The molecule has 0 aromatic heterocycles. The number of amides is 1. The summed E-state index contributed by atoms with van der Waals surface area (Å²) in [6.07, 6.45) is 2.30. The molecule has 0 saturated carbocycles. The molecule has 0 bridgehead atoms. The van der Waals surface area contributed by atoms with Gasteiger partial charge in [-0.15, -0.1) is 0 Å². The van der Waals surface area contributed by atoms with E-state index < -0.39 is 0 Å². The second-order valence-electron chi connectivity index (χ2n) is 5.05. The Morgan fingerprint density at radius 1 is 1.27 bits per heavy atom. The molecule has 0 heterocycles. The first kappa shape index (κ1) is 14.9. The minimum atomic E-state index is -0.291. The molecule has 1 atom stereocenters. The summed E-state index contributed by atoms with van der Waals surface area (Å²) in [7, 11) is 0. The van der Waals surface area contributed by atoms with E-state index in [9.17, 15) is 4.79 Å². The molecule has 0 aromatic rings. The molecule has 1 unspecified atom stereocenters. The third kappa shape index (κ3) is 5.55. The summed E-state index contributed by atoms with van der Waals surface area (Å²) < 4.78 is 0. The summed E-state index contributed by atoms with van der Waals surface area (Å²) in [5.74, 6) is 0.767. The van der Waals surface area contributed by atoms with E-state index in [1.54, 1.807) is 0 Å². The second kappa shape index (κ2) is 6.51. The molecule has 0 spiro atoms. The fraction of sp³-hybridized carbons (Fsp3) is 0.917. The Balaban J connectivity index is 4.00. The predicted octanol–water partition coefficient (Wildman–Crippen LogP) is 3.35. The lowest BCUT2D eigenvalue weighted by Crippen LogP contribution is -2.39. The number of nitrogens with one attached hydrogen (secondary N) is 1. The fourth-order valence-corrected chi connectivity index (χ4v) is 2.33. The zero-order chi connectivity index (χ0) is 12.1. The van der Waals surface area contributed by atoms with Crippen molar-refractivity contribution in [3.8, 4) is 0 Å². The highest BCUT2D eigenvalue weighted by Crippen LogP contribution is 2.20. The number of rotatable bonds is 5. The molecule has 0 saturated heterocycles. The van der Waals surface area contributed by atoms with Gasteiger partial charge in [0.2, 0.25) is 5.91 Å². The van der Waals surface area contributed by atoms with Crippen LogP contribution in [0.25, 0.3) is 0 Å². The molecule has 0 radical (unpaired) electrons. The van der Waals surface area contributed by atoms with Crippen LogP contribution in [0.2, 0.25) is 0 Å². The van der Waals surface area contributed by atoms with Crippen LogP contribution in [-0.2, 0) is 4.79 Å². The molecule has 0 aliphatic rings. The smallest absolute Gasteiger partial charge is 0.225 e. The Morgan fingerprint density at radius 3 is 2.07 bits per heavy atom. The van der Waals surface area contributed by atoms with Crippen molar-refractivity contribution in [1.29, 1.82) is 0 Å². The van der Waals surface area contributed by atoms with Crippen LogP contribution < -0.4 is 5.32 Å². The summed E-state index contributed by atoms with van der Waals surface area (Å²) in [4.78, 5) is 12.0. The van der Waals surface area contributed by atoms with Crippen molar-refractivity contribution >= 4 is 21.8 Å². The number of halogens is 1. The Kier molecular flexibility index (Phi) is 6.49. The summed E-state index contributed by atoms with van der Waals surface area (Å²) in [6.45, 7) is 10.9. The molecule has 0 aromatic carbocycles. The Bertz CT molecular complexity index is 194. The lowest BCUT2D eigenvalue weighted by Gasteiger charge is -2.23. The number of hydrogen-bond donors (Lipinski definition) is 1. The molecule has 0 aliphatic carbocycles. The van der Waals surface area contributed by atoms with Crippen LogP contribution >= 0.6 is 15.9 Å². The van der Waals surface area contributed by atoms with Gasteiger partial charge in [-0.05, 0) is 5.92 Å². The van der Waals surface area contributed by atoms with Crippen molar-refractivity contribution in [2.45, 2.75) is 52.3 Å². The van der Waals surface area contributed by atoms with E-state index >= 15 is 0 Å². The number of hydrogen-bond acceptors (Lipinski definition) is 1. The Labute approximate surface area is 102 Å². The highest BCUT2D eigenvalue weighted by molar-refractivity contribution is 9.09. The van der Waals surface area contributed by atoms with Crippen LogP contribution in [-0.4, -0.2) is 17.3 Å². The van der Waals surface area contributed by atoms with Crippen molar-refractivity contribution in [2.24, 2.45) is 11.3 Å². The van der Waals surface area contributed by atoms with Crippen LogP contribution in [0.15, 0.2) is 0 Å². The molecular formula is C12H24BrNO. The minimum Gasteiger partial charge on any atom is -0.355 e. The second-order valence-corrected chi connectivity index (χ2v) is 6.23. The van der Waals surface area contributed by atoms with E-state index in [0.717, 1.165) is 19.4 Å². The SMILES string of the molecule is CCC(CC)C(Br)CNC(=O)C(C)(C)C. The highest BCUT2D eigenvalue weighted by Gasteiger charge is 2.22. The van der Waals surface area contributed by atoms with Gasteiger partial charge in [-0.25, -0.2) is 0 Å². The third-order valence-electron chi connectivity index (χ3n) is 2.70. The first-order chi connectivity index (χ1) is 6.82. The van der Waals surface area contributed by atoms with Gasteiger partial charge in [0, 0.05) is 16.8 Å². The summed E-state index contributed by atoms with van der Waals surface area (Å²) in [6, 6.07) is 0. The zero-order valence-electron chi connectivity index (χ0n) is 10.6. The normalized spacial score (nSPS) is 14.1. The van der Waals surface area contributed by atoms with Crippen molar-refractivity contribution in [2.75, 3.05) is 6.54 Å². The van der Waals surface area contributed by atoms with E-state index in [2.05, 4.69) is 35.1 Å². The van der Waals surface area contributed by atoms with Gasteiger partial charge in [0.05, 0.1) is 0 Å². The molecule has 1 amide bonds. The van der Waals surface area contributed by atoms with Gasteiger partial charge in [-0.3, -0.25) is 4.79 Å². The molecule has 0 rings (SSSR count). The van der Waals surface area contributed by atoms with Crippen LogP contribution in [0, 0.1) is 11.3 Å². The average Bonchev–Trinajstić information content (AvgIpc) is 2.14. The fourth-order valence-electron chi connectivity index (χ4n) is 1.42. The Hall–Kier alpha value is -0.0500. The monoisotopic (exact) mass is 277 g/mol. The predicted molar refractivity (Wildman–Crippen MR) is 69.3 cm³/mol. The standard InChI is InChI=1S/C12H24BrNO/c1-6-9(7-2)10(13)8-14-11(15)12(3,4)5/h9-10H,6-8H2,1-5H3,(H,14,15). The number of alkyl halides is 1. The lowest BCUT2D eigenvalue weighted by atomic mass is 9.95. The van der Waals surface area contributed by atoms with Crippen LogP contribution in [0.5, 0.6) is 0 Å². The molecule has 15 heavy (non-hydrogen) atoms. The average molecular weight is 278 g/mol. The lowest BCUT2D eigenvalue weighted by molar-refractivity contribution is -0.128. The van der Waals surface area contributed by atoms with Crippen LogP contribution in [0.1, 0.15) is 47.5 Å². The maximum absolute atomic E-state index is 11.6. The number of carbonyl (C=O) groups is 1. The van der Waals surface area contributed by atoms with E-state index in [4.69, 9.17) is 0 Å². The van der Waals surface area contributed by atoms with Crippen LogP contribution in [0.3, 0.4) is 0 Å². The number of carbonyl (C=O) groups excluding carboxylic acids is 1. The summed E-state index contributed by atoms with van der Waals surface area (Å²) >= 11 is 3.65. The van der Waals surface area contributed by atoms with Gasteiger partial charge in [0.25, 0.3) is 0 Å². The molecule has 90 valence electrons. The first-order valence-electron chi connectivity index (χ1n) is 5.75. The largest absolute Gasteiger partial charge is 0.355 e. The zero-order valence-corrected chi connectivity index (χ0v) is 12.1. The first-order valence-corrected chi connectivity index (χ1v) is 6.66. The summed E-state index contributed by atoms with van der Waals surface area (Å²) in [5.41, 5.74) is -0.291. The van der Waals surface area contributed by atoms with Gasteiger partial charge in [-0.1, -0.05) is 63.4 Å². The van der Waals surface area contributed by atoms with E-state index in [-0.39, 0.29) is 11.3 Å². The van der Waals surface area contributed by atoms with Crippen molar-refractivity contribution in [3.63, 3.8) is 0 Å². The van der Waals surface area contributed by atoms with Crippen molar-refractivity contribution in [3.05, 3.63) is 0 Å². The van der Waals surface area contributed by atoms with Crippen molar-refractivity contribution < 1.29 is 4.79 Å².